The SMILES string of the molecule is Cc1cc(C)c(-c2cc(N)c3cnc(NC(=O)[C@@H]4C[C@H]4C#N)cc3c2)cn1.Cc1cc(C)c(-c2cc(N)c3cnc(NC(=O)[C@H]4C[C@@H]4C#N)cc3c2)cn1. The molecule has 2 amide bonds. The number of carbonyl (C=O) groups excluding carboxylic acids is 2. The monoisotopic (exact) mass is 714 g/mol. The highest BCUT2D eigenvalue weighted by Gasteiger charge is 2.44. The fourth-order valence-electron chi connectivity index (χ4n) is 6.71. The van der Waals surface area contributed by atoms with Crippen molar-refractivity contribution in [2.45, 2.75) is 40.5 Å². The van der Waals surface area contributed by atoms with E-state index in [-0.39, 0.29) is 35.5 Å². The molecule has 0 aliphatic heterocycles. The van der Waals surface area contributed by atoms with Gasteiger partial charge in [0.2, 0.25) is 11.8 Å². The zero-order valence-corrected chi connectivity index (χ0v) is 30.3. The van der Waals surface area contributed by atoms with Crippen LogP contribution >= 0.6 is 0 Å². The van der Waals surface area contributed by atoms with Gasteiger partial charge in [0.1, 0.15) is 11.6 Å². The summed E-state index contributed by atoms with van der Waals surface area (Å²) in [7, 11) is 0. The van der Waals surface area contributed by atoms with Crippen molar-refractivity contribution in [1.29, 1.82) is 10.5 Å². The number of nitrogens with zero attached hydrogens (tertiary/aromatic N) is 6. The Morgan fingerprint density at radius 3 is 1.37 bits per heavy atom. The van der Waals surface area contributed by atoms with E-state index in [4.69, 9.17) is 22.0 Å². The smallest absolute Gasteiger partial charge is 0.230 e. The van der Waals surface area contributed by atoms with E-state index in [2.05, 4.69) is 42.7 Å². The predicted octanol–water partition coefficient (Wildman–Crippen LogP) is 7.19. The van der Waals surface area contributed by atoms with Crippen LogP contribution in [0.1, 0.15) is 35.4 Å². The third kappa shape index (κ3) is 7.36. The lowest BCUT2D eigenvalue weighted by Crippen LogP contribution is -2.15. The van der Waals surface area contributed by atoms with E-state index in [1.165, 1.54) is 0 Å². The molecule has 2 aliphatic carbocycles. The molecule has 4 heterocycles. The first-order chi connectivity index (χ1) is 25.9. The molecule has 8 rings (SSSR count). The maximum absolute atomic E-state index is 12.2. The number of fused-ring (bicyclic) bond motifs is 2. The second-order valence-electron chi connectivity index (χ2n) is 14.1. The van der Waals surface area contributed by atoms with Crippen LogP contribution in [0.15, 0.2) is 73.3 Å². The normalized spacial score (nSPS) is 18.1. The lowest BCUT2D eigenvalue weighted by Gasteiger charge is -2.11. The number of nitrogens with one attached hydrogen (secondary N) is 2. The van der Waals surface area contributed by atoms with E-state index in [0.29, 0.717) is 35.9 Å². The first-order valence-electron chi connectivity index (χ1n) is 17.6. The van der Waals surface area contributed by atoms with Gasteiger partial charge < -0.3 is 22.1 Å². The number of nitrogen functional groups attached to an aromatic ring is 2. The lowest BCUT2D eigenvalue weighted by molar-refractivity contribution is -0.118. The molecule has 0 unspecified atom stereocenters. The summed E-state index contributed by atoms with van der Waals surface area (Å²) in [6.45, 7) is 8.01. The van der Waals surface area contributed by atoms with Gasteiger partial charge in [-0.1, -0.05) is 0 Å². The number of aromatic nitrogens is 4. The van der Waals surface area contributed by atoms with Gasteiger partial charge in [-0.3, -0.25) is 19.6 Å². The molecular formula is C42H38N10O2. The van der Waals surface area contributed by atoms with Crippen molar-refractivity contribution >= 4 is 56.4 Å². The first kappa shape index (κ1) is 35.5. The number of nitriles is 2. The molecule has 2 fully saturated rings. The Bertz CT molecular complexity index is 2410. The third-order valence-corrected chi connectivity index (χ3v) is 9.94. The average Bonchev–Trinajstić information content (AvgIpc) is 4.07. The minimum absolute atomic E-state index is 0.156. The van der Waals surface area contributed by atoms with Crippen LogP contribution < -0.4 is 22.1 Å². The Kier molecular flexibility index (Phi) is 9.36. The van der Waals surface area contributed by atoms with E-state index in [9.17, 15) is 9.59 Å². The fraction of sp³-hybridized carbons (Fsp3) is 0.238. The van der Waals surface area contributed by atoms with Crippen molar-refractivity contribution in [3.63, 3.8) is 0 Å². The predicted molar refractivity (Wildman–Crippen MR) is 209 cm³/mol. The minimum atomic E-state index is -0.231. The summed E-state index contributed by atoms with van der Waals surface area (Å²) in [5.74, 6) is -0.199. The minimum Gasteiger partial charge on any atom is -0.398 e. The zero-order valence-electron chi connectivity index (χ0n) is 30.3. The Morgan fingerprint density at radius 1 is 0.611 bits per heavy atom. The summed E-state index contributed by atoms with van der Waals surface area (Å²) < 4.78 is 0. The Labute approximate surface area is 312 Å². The van der Waals surface area contributed by atoms with Crippen molar-refractivity contribution in [3.05, 3.63) is 95.8 Å². The molecule has 6 N–H and O–H groups in total. The van der Waals surface area contributed by atoms with Crippen molar-refractivity contribution in [1.82, 2.24) is 19.9 Å². The molecule has 0 radical (unpaired) electrons. The van der Waals surface area contributed by atoms with Crippen LogP contribution in [-0.4, -0.2) is 31.8 Å². The number of anilines is 4. The number of benzene rings is 2. The molecule has 2 saturated carbocycles. The quantitative estimate of drug-likeness (QED) is 0.128. The van der Waals surface area contributed by atoms with Crippen molar-refractivity contribution in [2.75, 3.05) is 22.1 Å². The Hall–Kier alpha value is -6.92. The molecular weight excluding hydrogens is 677 g/mol. The highest BCUT2D eigenvalue weighted by Crippen LogP contribution is 2.40. The van der Waals surface area contributed by atoms with Crippen LogP contribution in [-0.2, 0) is 9.59 Å². The number of hydrogen-bond donors (Lipinski definition) is 4. The number of amides is 2. The number of hydrogen-bond acceptors (Lipinski definition) is 10. The highest BCUT2D eigenvalue weighted by atomic mass is 16.2. The van der Waals surface area contributed by atoms with Crippen molar-refractivity contribution < 1.29 is 9.59 Å². The van der Waals surface area contributed by atoms with Crippen LogP contribution in [0.25, 0.3) is 43.8 Å². The van der Waals surface area contributed by atoms with Gasteiger partial charge in [0.15, 0.2) is 0 Å². The number of aryl methyl sites for hydroxylation is 4. The van der Waals surface area contributed by atoms with Gasteiger partial charge in [0, 0.05) is 69.4 Å². The second kappa shape index (κ2) is 14.2. The van der Waals surface area contributed by atoms with E-state index in [0.717, 1.165) is 66.3 Å². The van der Waals surface area contributed by atoms with E-state index in [1.54, 1.807) is 12.4 Å². The summed E-state index contributed by atoms with van der Waals surface area (Å²) in [5, 5.41) is 26.8. The average molecular weight is 715 g/mol. The fourth-order valence-corrected chi connectivity index (χ4v) is 6.71. The number of carbonyl (C=O) groups is 2. The van der Waals surface area contributed by atoms with Gasteiger partial charge in [-0.05, 0) is 122 Å². The molecule has 12 heteroatoms. The Balaban J connectivity index is 0.000000167. The summed E-state index contributed by atoms with van der Waals surface area (Å²) in [6, 6.07) is 19.8. The molecule has 2 aromatic carbocycles. The van der Waals surface area contributed by atoms with Crippen LogP contribution in [0, 0.1) is 74.0 Å². The number of nitrogens with two attached hydrogens (primary N) is 2. The van der Waals surface area contributed by atoms with Gasteiger partial charge in [0.25, 0.3) is 0 Å². The molecule has 0 saturated heterocycles. The van der Waals surface area contributed by atoms with E-state index >= 15 is 0 Å². The lowest BCUT2D eigenvalue weighted by atomic mass is 9.98. The maximum Gasteiger partial charge on any atom is 0.230 e. The van der Waals surface area contributed by atoms with Crippen molar-refractivity contribution in [2.24, 2.45) is 23.7 Å². The first-order valence-corrected chi connectivity index (χ1v) is 17.6. The van der Waals surface area contributed by atoms with Crippen LogP contribution in [0.5, 0.6) is 0 Å². The number of rotatable bonds is 6. The van der Waals surface area contributed by atoms with Gasteiger partial charge in [0.05, 0.1) is 35.8 Å². The standard InChI is InChI=1S/2C21H19N5O/c2*1-11-3-12(2)24-9-17(11)13-4-14-7-20(25-10-18(14)19(23)6-13)26-21(27)16-5-15(16)8-22/h2*3-4,6-7,9-10,15-16H,5,23H2,1-2H3,(H,25,26,27)/t2*15-,16+/m10/s1. The van der Waals surface area contributed by atoms with Gasteiger partial charge in [-0.25, -0.2) is 9.97 Å². The van der Waals surface area contributed by atoms with E-state index < -0.39 is 0 Å². The summed E-state index contributed by atoms with van der Waals surface area (Å²) in [6.07, 6.45) is 8.27. The topological polar surface area (TPSA) is 209 Å². The summed E-state index contributed by atoms with van der Waals surface area (Å²) in [5.41, 5.74) is 21.9. The van der Waals surface area contributed by atoms with Gasteiger partial charge in [-0.15, -0.1) is 0 Å². The molecule has 4 atom stereocenters. The third-order valence-electron chi connectivity index (χ3n) is 9.94. The summed E-state index contributed by atoms with van der Waals surface area (Å²) >= 11 is 0. The number of pyridine rings is 4. The molecule has 268 valence electrons. The molecule has 54 heavy (non-hydrogen) atoms. The zero-order chi connectivity index (χ0) is 38.3. The summed E-state index contributed by atoms with van der Waals surface area (Å²) in [4.78, 5) is 41.7. The Morgan fingerprint density at radius 2 is 1.02 bits per heavy atom. The largest absolute Gasteiger partial charge is 0.398 e. The second-order valence-corrected chi connectivity index (χ2v) is 14.1. The van der Waals surface area contributed by atoms with Crippen LogP contribution in [0.4, 0.5) is 23.0 Å². The maximum atomic E-state index is 12.2. The van der Waals surface area contributed by atoms with E-state index in [1.807, 2.05) is 88.6 Å². The van der Waals surface area contributed by atoms with Gasteiger partial charge in [-0.2, -0.15) is 10.5 Å². The van der Waals surface area contributed by atoms with Crippen molar-refractivity contribution in [3.8, 4) is 34.4 Å². The highest BCUT2D eigenvalue weighted by molar-refractivity contribution is 6.01. The molecule has 6 aromatic rings. The molecule has 2 aliphatic rings. The molecule has 0 bridgehead atoms. The van der Waals surface area contributed by atoms with Crippen LogP contribution in [0.2, 0.25) is 0 Å². The van der Waals surface area contributed by atoms with Crippen LogP contribution in [0.3, 0.4) is 0 Å². The molecule has 12 nitrogen and oxygen atoms in total. The van der Waals surface area contributed by atoms with Gasteiger partial charge >= 0.3 is 0 Å². The molecule has 0 spiro atoms. The molecule has 4 aromatic heterocycles.